The van der Waals surface area contributed by atoms with Gasteiger partial charge >= 0.3 is 6.03 Å². The Morgan fingerprint density at radius 3 is 2.75 bits per heavy atom. The molecule has 1 saturated heterocycles. The van der Waals surface area contributed by atoms with Crippen LogP contribution in [0.4, 0.5) is 4.79 Å². The Morgan fingerprint density at radius 2 is 1.97 bits per heavy atom. The van der Waals surface area contributed by atoms with E-state index in [4.69, 9.17) is 16.3 Å². The van der Waals surface area contributed by atoms with Crippen LogP contribution in [0.3, 0.4) is 0 Å². The van der Waals surface area contributed by atoms with E-state index in [1.165, 1.54) is 0 Å². The Labute approximate surface area is 190 Å². The molecule has 162 valence electrons. The SMILES string of the molecule is COc1ccc2c(c1)CN(C[C@@]1(/C(Cl)=C/c3ccc4ccccc4n3)NC(=O)NC1=O)C2. The van der Waals surface area contributed by atoms with Gasteiger partial charge in [-0.25, -0.2) is 9.78 Å². The zero-order valence-electron chi connectivity index (χ0n) is 17.4. The van der Waals surface area contributed by atoms with Crippen molar-refractivity contribution in [3.05, 3.63) is 76.5 Å². The number of imide groups is 1. The second-order valence-electron chi connectivity index (χ2n) is 8.01. The van der Waals surface area contributed by atoms with E-state index >= 15 is 0 Å². The molecule has 32 heavy (non-hydrogen) atoms. The second-order valence-corrected chi connectivity index (χ2v) is 8.42. The summed E-state index contributed by atoms with van der Waals surface area (Å²) in [5, 5.41) is 6.31. The number of hydrogen-bond acceptors (Lipinski definition) is 5. The van der Waals surface area contributed by atoms with Gasteiger partial charge in [-0.2, -0.15) is 0 Å². The Balaban J connectivity index is 1.46. The summed E-state index contributed by atoms with van der Waals surface area (Å²) in [5.74, 6) is 0.311. The molecule has 2 aliphatic heterocycles. The van der Waals surface area contributed by atoms with Crippen LogP contribution >= 0.6 is 11.6 Å². The molecule has 0 spiro atoms. The number of carbonyl (C=O) groups is 2. The van der Waals surface area contributed by atoms with Crippen LogP contribution in [0, 0.1) is 0 Å². The van der Waals surface area contributed by atoms with Crippen LogP contribution in [0.5, 0.6) is 5.75 Å². The van der Waals surface area contributed by atoms with Gasteiger partial charge in [-0.15, -0.1) is 0 Å². The molecule has 0 unspecified atom stereocenters. The summed E-state index contributed by atoms with van der Waals surface area (Å²) in [6.07, 6.45) is 1.64. The van der Waals surface area contributed by atoms with E-state index in [2.05, 4.69) is 20.5 Å². The quantitative estimate of drug-likeness (QED) is 0.584. The lowest BCUT2D eigenvalue weighted by molar-refractivity contribution is -0.123. The first-order valence-electron chi connectivity index (χ1n) is 10.2. The molecule has 0 bridgehead atoms. The van der Waals surface area contributed by atoms with Gasteiger partial charge in [-0.1, -0.05) is 41.9 Å². The third-order valence-corrected chi connectivity index (χ3v) is 6.34. The van der Waals surface area contributed by atoms with Crippen LogP contribution < -0.4 is 15.4 Å². The highest BCUT2D eigenvalue weighted by atomic mass is 35.5. The normalized spacial score (nSPS) is 20.9. The minimum Gasteiger partial charge on any atom is -0.497 e. The van der Waals surface area contributed by atoms with Crippen LogP contribution in [-0.4, -0.2) is 41.0 Å². The number of nitrogens with one attached hydrogen (secondary N) is 2. The fraction of sp³-hybridized carbons (Fsp3) is 0.208. The maximum atomic E-state index is 12.9. The van der Waals surface area contributed by atoms with Gasteiger partial charge in [0.25, 0.3) is 5.91 Å². The number of fused-ring (bicyclic) bond motifs is 2. The Morgan fingerprint density at radius 1 is 1.16 bits per heavy atom. The number of hydrogen-bond donors (Lipinski definition) is 2. The number of halogens is 1. The first-order chi connectivity index (χ1) is 15.5. The zero-order valence-corrected chi connectivity index (χ0v) is 18.1. The number of carbonyl (C=O) groups excluding carboxylic acids is 2. The van der Waals surface area contributed by atoms with Gasteiger partial charge in [-0.3, -0.25) is 15.0 Å². The van der Waals surface area contributed by atoms with Crippen LogP contribution in [0.1, 0.15) is 16.8 Å². The van der Waals surface area contributed by atoms with E-state index < -0.39 is 17.5 Å². The van der Waals surface area contributed by atoms with Crippen molar-refractivity contribution >= 4 is 40.5 Å². The summed E-state index contributed by atoms with van der Waals surface area (Å²) in [5.41, 5.74) is 2.32. The largest absolute Gasteiger partial charge is 0.497 e. The summed E-state index contributed by atoms with van der Waals surface area (Å²) in [7, 11) is 1.63. The van der Waals surface area contributed by atoms with Gasteiger partial charge in [0.15, 0.2) is 5.54 Å². The molecular weight excluding hydrogens is 428 g/mol. The molecule has 3 aromatic rings. The van der Waals surface area contributed by atoms with Gasteiger partial charge in [0.1, 0.15) is 5.75 Å². The number of methoxy groups -OCH3 is 1. The number of ether oxygens (including phenoxy) is 1. The fourth-order valence-electron chi connectivity index (χ4n) is 4.28. The van der Waals surface area contributed by atoms with Crippen molar-refractivity contribution in [3.63, 3.8) is 0 Å². The lowest BCUT2D eigenvalue weighted by Crippen LogP contribution is -2.54. The van der Waals surface area contributed by atoms with Crippen molar-refractivity contribution in [1.82, 2.24) is 20.5 Å². The minimum atomic E-state index is -1.39. The molecule has 3 amide bonds. The van der Waals surface area contributed by atoms with Crippen LogP contribution in [0.2, 0.25) is 0 Å². The topological polar surface area (TPSA) is 83.6 Å². The third kappa shape index (κ3) is 3.59. The predicted molar refractivity (Wildman–Crippen MR) is 122 cm³/mol. The molecule has 1 fully saturated rings. The van der Waals surface area contributed by atoms with E-state index in [-0.39, 0.29) is 11.6 Å². The van der Waals surface area contributed by atoms with Crippen LogP contribution in [0.25, 0.3) is 17.0 Å². The zero-order chi connectivity index (χ0) is 22.3. The molecule has 8 heteroatoms. The Bertz CT molecular complexity index is 1280. The number of rotatable bonds is 5. The number of urea groups is 1. The molecular formula is C24H21ClN4O3. The minimum absolute atomic E-state index is 0.206. The summed E-state index contributed by atoms with van der Waals surface area (Å²) in [6, 6.07) is 16.9. The van der Waals surface area contributed by atoms with Crippen molar-refractivity contribution in [2.45, 2.75) is 18.6 Å². The lowest BCUT2D eigenvalue weighted by atomic mass is 9.97. The van der Waals surface area contributed by atoms with Crippen molar-refractivity contribution in [2.24, 2.45) is 0 Å². The molecule has 0 saturated carbocycles. The summed E-state index contributed by atoms with van der Waals surface area (Å²) >= 11 is 6.73. The number of benzene rings is 2. The molecule has 2 N–H and O–H groups in total. The Kier molecular flexibility index (Phi) is 5.07. The van der Waals surface area contributed by atoms with Gasteiger partial charge in [-0.05, 0) is 41.5 Å². The first kappa shape index (κ1) is 20.5. The molecule has 2 aromatic carbocycles. The number of aromatic nitrogens is 1. The van der Waals surface area contributed by atoms with E-state index in [0.29, 0.717) is 18.8 Å². The number of pyridine rings is 1. The van der Waals surface area contributed by atoms with Gasteiger partial charge in [0.05, 0.1) is 23.4 Å². The average Bonchev–Trinajstić information content (AvgIpc) is 3.32. The van der Waals surface area contributed by atoms with Gasteiger partial charge in [0, 0.05) is 25.0 Å². The molecule has 7 nitrogen and oxygen atoms in total. The van der Waals surface area contributed by atoms with E-state index in [1.807, 2.05) is 54.6 Å². The van der Waals surface area contributed by atoms with Crippen molar-refractivity contribution in [2.75, 3.05) is 13.7 Å². The summed E-state index contributed by atoms with van der Waals surface area (Å²) < 4.78 is 5.32. The lowest BCUT2D eigenvalue weighted by Gasteiger charge is -2.30. The van der Waals surface area contributed by atoms with Gasteiger partial charge in [0.2, 0.25) is 0 Å². The summed E-state index contributed by atoms with van der Waals surface area (Å²) in [4.78, 5) is 31.7. The predicted octanol–water partition coefficient (Wildman–Crippen LogP) is 3.42. The van der Waals surface area contributed by atoms with E-state index in [0.717, 1.165) is 27.8 Å². The Hall–Kier alpha value is -3.42. The van der Waals surface area contributed by atoms with Crippen molar-refractivity contribution in [1.29, 1.82) is 0 Å². The van der Waals surface area contributed by atoms with E-state index in [9.17, 15) is 9.59 Å². The number of amides is 3. The highest BCUT2D eigenvalue weighted by Crippen LogP contribution is 2.33. The van der Waals surface area contributed by atoms with Crippen molar-refractivity contribution < 1.29 is 14.3 Å². The molecule has 5 rings (SSSR count). The van der Waals surface area contributed by atoms with Crippen molar-refractivity contribution in [3.8, 4) is 5.75 Å². The van der Waals surface area contributed by atoms with Gasteiger partial charge < -0.3 is 10.1 Å². The number of para-hydroxylation sites is 1. The molecule has 0 radical (unpaired) electrons. The summed E-state index contributed by atoms with van der Waals surface area (Å²) in [6.45, 7) is 1.49. The van der Waals surface area contributed by atoms with Crippen LogP contribution in [-0.2, 0) is 17.9 Å². The molecule has 2 aliphatic rings. The monoisotopic (exact) mass is 448 g/mol. The third-order valence-electron chi connectivity index (χ3n) is 5.91. The highest BCUT2D eigenvalue weighted by Gasteiger charge is 2.50. The fourth-order valence-corrected chi connectivity index (χ4v) is 4.58. The molecule has 1 aromatic heterocycles. The molecule has 3 heterocycles. The van der Waals surface area contributed by atoms with Crippen LogP contribution in [0.15, 0.2) is 59.6 Å². The maximum absolute atomic E-state index is 12.9. The maximum Gasteiger partial charge on any atom is 0.322 e. The van der Waals surface area contributed by atoms with E-state index in [1.54, 1.807) is 13.2 Å². The number of nitrogens with zero attached hydrogens (tertiary/aromatic N) is 2. The molecule has 1 atom stereocenters. The second kappa shape index (κ2) is 7.93. The first-order valence-corrected chi connectivity index (χ1v) is 10.6. The average molecular weight is 449 g/mol. The molecule has 0 aliphatic carbocycles. The highest BCUT2D eigenvalue weighted by molar-refractivity contribution is 6.36. The standard InChI is InChI=1S/C24H21ClN4O3/c1-32-19-9-7-16-12-29(13-17(16)10-19)14-24(22(30)27-23(31)28-24)21(25)11-18-8-6-15-4-2-3-5-20(15)26-18/h2-11H,12-14H2,1H3,(H2,27,28,30,31)/b21-11-/t24-/m0/s1. The smallest absolute Gasteiger partial charge is 0.322 e.